The monoisotopic (exact) mass is 406 g/mol. The molecule has 1 amide bonds. The average molecular weight is 406 g/mol. The van der Waals surface area contributed by atoms with Crippen molar-refractivity contribution in [2.45, 2.75) is 25.8 Å². The van der Waals surface area contributed by atoms with Crippen LogP contribution in [0.3, 0.4) is 0 Å². The van der Waals surface area contributed by atoms with Crippen LogP contribution in [-0.4, -0.2) is 61.9 Å². The normalized spacial score (nSPS) is 18.3. The van der Waals surface area contributed by atoms with Crippen LogP contribution in [0.15, 0.2) is 30.5 Å². The third-order valence-corrected chi connectivity index (χ3v) is 5.39. The van der Waals surface area contributed by atoms with E-state index < -0.39 is 5.91 Å². The molecule has 0 saturated carbocycles. The van der Waals surface area contributed by atoms with Crippen molar-refractivity contribution in [2.75, 3.05) is 36.5 Å². The molecule has 30 heavy (non-hydrogen) atoms. The zero-order valence-corrected chi connectivity index (χ0v) is 16.7. The van der Waals surface area contributed by atoms with Crippen LogP contribution >= 0.6 is 0 Å². The number of hydrogen-bond donors (Lipinski definition) is 1. The van der Waals surface area contributed by atoms with E-state index in [1.54, 1.807) is 18.3 Å². The highest BCUT2D eigenvalue weighted by Crippen LogP contribution is 2.30. The van der Waals surface area contributed by atoms with Crippen molar-refractivity contribution < 1.29 is 9.53 Å². The number of carbonyl (C=O) groups is 1. The van der Waals surface area contributed by atoms with Crippen LogP contribution in [0.4, 0.5) is 11.6 Å². The molecule has 3 aromatic rings. The number of pyridine rings is 1. The molecule has 0 aromatic carbocycles. The first-order chi connectivity index (χ1) is 14.7. The number of fused-ring (bicyclic) bond motifs is 1. The van der Waals surface area contributed by atoms with Crippen molar-refractivity contribution in [1.82, 2.24) is 29.7 Å². The van der Waals surface area contributed by atoms with E-state index in [0.717, 1.165) is 37.6 Å². The van der Waals surface area contributed by atoms with Crippen LogP contribution in [-0.2, 0) is 11.2 Å². The molecule has 154 valence electrons. The Labute approximate surface area is 173 Å². The van der Waals surface area contributed by atoms with E-state index in [1.807, 2.05) is 12.1 Å². The van der Waals surface area contributed by atoms with Gasteiger partial charge < -0.3 is 19.5 Å². The summed E-state index contributed by atoms with van der Waals surface area (Å²) in [5, 5.41) is 11.4. The Bertz CT molecular complexity index is 1080. The average Bonchev–Trinajstić information content (AvgIpc) is 3.38. The van der Waals surface area contributed by atoms with Crippen LogP contribution in [0.5, 0.6) is 0 Å². The molecular formula is C20H22N8O2. The standard InChI is InChI=1S/C20H22N8O2/c1-13-5-6-17-25-26-19(28(13)17)14-3-2-4-15(22-14)23-20(29)18-21-8-7-16(24-18)27-9-11-30-12-10-27/h2-4,7-8,13H,5-6,9-12H2,1H3,(H,22,23,29)/t13-/m0/s1. The SMILES string of the molecule is C[C@H]1CCc2nnc(-c3cccc(NC(=O)c4nccc(N5CCOCC5)n4)n3)n21. The Morgan fingerprint density at radius 1 is 1.17 bits per heavy atom. The lowest BCUT2D eigenvalue weighted by atomic mass is 10.2. The number of anilines is 2. The maximum Gasteiger partial charge on any atom is 0.294 e. The van der Waals surface area contributed by atoms with Gasteiger partial charge in [0.25, 0.3) is 5.91 Å². The Balaban J connectivity index is 1.35. The van der Waals surface area contributed by atoms with E-state index in [4.69, 9.17) is 4.74 Å². The molecule has 0 aliphatic carbocycles. The van der Waals surface area contributed by atoms with Gasteiger partial charge >= 0.3 is 0 Å². The number of amides is 1. The summed E-state index contributed by atoms with van der Waals surface area (Å²) >= 11 is 0. The number of nitrogens with zero attached hydrogens (tertiary/aromatic N) is 7. The molecule has 2 aliphatic heterocycles. The van der Waals surface area contributed by atoms with E-state index in [-0.39, 0.29) is 5.82 Å². The summed E-state index contributed by atoms with van der Waals surface area (Å²) in [6, 6.07) is 7.57. The summed E-state index contributed by atoms with van der Waals surface area (Å²) in [6.45, 7) is 4.92. The summed E-state index contributed by atoms with van der Waals surface area (Å²) in [5.74, 6) is 2.52. The zero-order chi connectivity index (χ0) is 20.5. The minimum absolute atomic E-state index is 0.100. The molecule has 1 fully saturated rings. The Kier molecular flexibility index (Phi) is 4.83. The Morgan fingerprint density at radius 3 is 2.90 bits per heavy atom. The van der Waals surface area contributed by atoms with Crippen LogP contribution in [0.25, 0.3) is 11.5 Å². The second-order valence-corrected chi connectivity index (χ2v) is 7.40. The largest absolute Gasteiger partial charge is 0.378 e. The minimum atomic E-state index is -0.408. The number of morpholine rings is 1. The summed E-state index contributed by atoms with van der Waals surface area (Å²) in [5.41, 5.74) is 0.670. The highest BCUT2D eigenvalue weighted by Gasteiger charge is 2.25. The van der Waals surface area contributed by atoms with Gasteiger partial charge in [0, 0.05) is 31.7 Å². The molecule has 5 heterocycles. The fraction of sp³-hybridized carbons (Fsp3) is 0.400. The quantitative estimate of drug-likeness (QED) is 0.697. The lowest BCUT2D eigenvalue weighted by Crippen LogP contribution is -2.37. The van der Waals surface area contributed by atoms with Crippen molar-refractivity contribution in [3.8, 4) is 11.5 Å². The highest BCUT2D eigenvalue weighted by atomic mass is 16.5. The van der Waals surface area contributed by atoms with Gasteiger partial charge in [-0.3, -0.25) is 4.79 Å². The van der Waals surface area contributed by atoms with E-state index in [0.29, 0.717) is 36.6 Å². The lowest BCUT2D eigenvalue weighted by molar-refractivity contribution is 0.101. The van der Waals surface area contributed by atoms with Gasteiger partial charge in [0.2, 0.25) is 5.82 Å². The molecular weight excluding hydrogens is 384 g/mol. The number of aryl methyl sites for hydroxylation is 1. The fourth-order valence-corrected chi connectivity index (χ4v) is 3.83. The van der Waals surface area contributed by atoms with Crippen LogP contribution in [0.1, 0.15) is 35.8 Å². The van der Waals surface area contributed by atoms with Crippen molar-refractivity contribution in [3.63, 3.8) is 0 Å². The zero-order valence-electron chi connectivity index (χ0n) is 16.7. The predicted molar refractivity (Wildman–Crippen MR) is 109 cm³/mol. The number of aromatic nitrogens is 6. The first kappa shape index (κ1) is 18.6. The van der Waals surface area contributed by atoms with Gasteiger partial charge in [0.1, 0.15) is 23.2 Å². The van der Waals surface area contributed by atoms with Gasteiger partial charge in [-0.1, -0.05) is 6.07 Å². The Hall–Kier alpha value is -3.40. The van der Waals surface area contributed by atoms with E-state index in [9.17, 15) is 4.79 Å². The molecule has 1 saturated heterocycles. The second-order valence-electron chi connectivity index (χ2n) is 7.40. The molecule has 10 heteroatoms. The number of rotatable bonds is 4. The molecule has 0 bridgehead atoms. The molecule has 10 nitrogen and oxygen atoms in total. The van der Waals surface area contributed by atoms with Crippen LogP contribution in [0.2, 0.25) is 0 Å². The number of ether oxygens (including phenoxy) is 1. The van der Waals surface area contributed by atoms with Crippen LogP contribution < -0.4 is 10.2 Å². The molecule has 2 aliphatic rings. The number of hydrogen-bond acceptors (Lipinski definition) is 8. The molecule has 3 aromatic heterocycles. The van der Waals surface area contributed by atoms with Crippen molar-refractivity contribution in [3.05, 3.63) is 42.1 Å². The second kappa shape index (κ2) is 7.79. The molecule has 1 N–H and O–H groups in total. The van der Waals surface area contributed by atoms with Crippen molar-refractivity contribution >= 4 is 17.5 Å². The maximum absolute atomic E-state index is 12.7. The van der Waals surface area contributed by atoms with Gasteiger partial charge in [0.05, 0.1) is 13.2 Å². The predicted octanol–water partition coefficient (Wildman–Crippen LogP) is 1.73. The highest BCUT2D eigenvalue weighted by molar-refractivity contribution is 6.01. The summed E-state index contributed by atoms with van der Waals surface area (Å²) in [4.78, 5) is 27.9. The molecule has 1 atom stereocenters. The third-order valence-electron chi connectivity index (χ3n) is 5.39. The van der Waals surface area contributed by atoms with Crippen LogP contribution in [0, 0.1) is 0 Å². The van der Waals surface area contributed by atoms with Crippen molar-refractivity contribution in [2.24, 2.45) is 0 Å². The summed E-state index contributed by atoms with van der Waals surface area (Å²) in [6.07, 6.45) is 3.56. The van der Waals surface area contributed by atoms with Gasteiger partial charge in [-0.2, -0.15) is 0 Å². The molecule has 5 rings (SSSR count). The fourth-order valence-electron chi connectivity index (χ4n) is 3.83. The van der Waals surface area contributed by atoms with Gasteiger partial charge in [0.15, 0.2) is 5.82 Å². The van der Waals surface area contributed by atoms with Crippen molar-refractivity contribution in [1.29, 1.82) is 0 Å². The van der Waals surface area contributed by atoms with Gasteiger partial charge in [-0.25, -0.2) is 15.0 Å². The lowest BCUT2D eigenvalue weighted by Gasteiger charge is -2.27. The topological polar surface area (TPSA) is 111 Å². The first-order valence-corrected chi connectivity index (χ1v) is 10.1. The summed E-state index contributed by atoms with van der Waals surface area (Å²) < 4.78 is 7.48. The minimum Gasteiger partial charge on any atom is -0.378 e. The molecule has 0 unspecified atom stereocenters. The number of carbonyl (C=O) groups excluding carboxylic acids is 1. The number of nitrogens with one attached hydrogen (secondary N) is 1. The molecule has 0 spiro atoms. The van der Waals surface area contributed by atoms with E-state index in [2.05, 4.69) is 46.9 Å². The van der Waals surface area contributed by atoms with E-state index >= 15 is 0 Å². The Morgan fingerprint density at radius 2 is 2.03 bits per heavy atom. The van der Waals surface area contributed by atoms with Gasteiger partial charge in [-0.05, 0) is 31.5 Å². The smallest absolute Gasteiger partial charge is 0.294 e. The summed E-state index contributed by atoms with van der Waals surface area (Å²) in [7, 11) is 0. The third kappa shape index (κ3) is 3.50. The first-order valence-electron chi connectivity index (χ1n) is 10.1. The maximum atomic E-state index is 12.7. The molecule has 0 radical (unpaired) electrons. The van der Waals surface area contributed by atoms with Gasteiger partial charge in [-0.15, -0.1) is 10.2 Å². The van der Waals surface area contributed by atoms with E-state index in [1.165, 1.54) is 0 Å².